The van der Waals surface area contributed by atoms with Crippen LogP contribution < -0.4 is 20.1 Å². The van der Waals surface area contributed by atoms with Gasteiger partial charge < -0.3 is 20.1 Å². The van der Waals surface area contributed by atoms with Crippen LogP contribution in [-0.2, 0) is 0 Å². The topological polar surface area (TPSA) is 42.5 Å². The number of halogens is 2. The normalized spacial score (nSPS) is 11.5. The lowest BCUT2D eigenvalue weighted by Gasteiger charge is -2.20. The minimum absolute atomic E-state index is 0.104. The van der Waals surface area contributed by atoms with E-state index in [0.717, 1.165) is 17.1 Å². The fraction of sp³-hybridized carbons (Fsp3) is 0.235. The summed E-state index contributed by atoms with van der Waals surface area (Å²) in [6, 6.07) is 10.7. The zero-order chi connectivity index (χ0) is 17.7. The minimum atomic E-state index is -0.104. The number of thiocarbonyl (C=S) groups is 1. The third-order valence-corrected chi connectivity index (χ3v) is 4.21. The molecule has 1 unspecified atom stereocenters. The van der Waals surface area contributed by atoms with Crippen LogP contribution in [0.15, 0.2) is 36.4 Å². The molecule has 0 bridgehead atoms. The van der Waals surface area contributed by atoms with Crippen LogP contribution in [0.4, 0.5) is 5.69 Å². The van der Waals surface area contributed by atoms with Crippen LogP contribution in [-0.4, -0.2) is 19.3 Å². The van der Waals surface area contributed by atoms with Gasteiger partial charge in [0.25, 0.3) is 0 Å². The van der Waals surface area contributed by atoms with Gasteiger partial charge >= 0.3 is 0 Å². The van der Waals surface area contributed by atoms with Crippen LogP contribution >= 0.6 is 35.4 Å². The second kappa shape index (κ2) is 8.42. The first-order valence-corrected chi connectivity index (χ1v) is 8.35. The van der Waals surface area contributed by atoms with Crippen molar-refractivity contribution in [1.82, 2.24) is 5.32 Å². The lowest BCUT2D eigenvalue weighted by atomic mass is 10.1. The number of nitrogens with one attached hydrogen (secondary N) is 2. The average molecular weight is 385 g/mol. The zero-order valence-electron chi connectivity index (χ0n) is 13.5. The molecule has 4 nitrogen and oxygen atoms in total. The van der Waals surface area contributed by atoms with Crippen molar-refractivity contribution in [3.05, 3.63) is 52.0 Å². The van der Waals surface area contributed by atoms with E-state index >= 15 is 0 Å². The van der Waals surface area contributed by atoms with Gasteiger partial charge in [0.15, 0.2) is 5.11 Å². The Bertz CT molecular complexity index is 741. The van der Waals surface area contributed by atoms with Crippen molar-refractivity contribution < 1.29 is 9.47 Å². The number of anilines is 1. The smallest absolute Gasteiger partial charge is 0.171 e. The average Bonchev–Trinajstić information content (AvgIpc) is 2.57. The van der Waals surface area contributed by atoms with E-state index in [4.69, 9.17) is 44.9 Å². The van der Waals surface area contributed by atoms with E-state index in [9.17, 15) is 0 Å². The van der Waals surface area contributed by atoms with E-state index in [-0.39, 0.29) is 6.04 Å². The molecule has 0 fully saturated rings. The molecule has 7 heteroatoms. The number of rotatable bonds is 5. The van der Waals surface area contributed by atoms with E-state index < -0.39 is 0 Å². The molecule has 1 atom stereocenters. The molecule has 0 aliphatic heterocycles. The lowest BCUT2D eigenvalue weighted by Crippen LogP contribution is -2.31. The van der Waals surface area contributed by atoms with Gasteiger partial charge in [-0.25, -0.2) is 0 Å². The van der Waals surface area contributed by atoms with Crippen molar-refractivity contribution in [2.75, 3.05) is 19.5 Å². The summed E-state index contributed by atoms with van der Waals surface area (Å²) in [5, 5.41) is 7.79. The summed E-state index contributed by atoms with van der Waals surface area (Å²) in [6.07, 6.45) is 0. The molecule has 2 aromatic carbocycles. The molecular weight excluding hydrogens is 367 g/mol. The highest BCUT2D eigenvalue weighted by Crippen LogP contribution is 2.30. The monoisotopic (exact) mass is 384 g/mol. The Balaban J connectivity index is 2.12. The second-order valence-corrected chi connectivity index (χ2v) is 6.30. The lowest BCUT2D eigenvalue weighted by molar-refractivity contribution is 0.395. The number of hydrogen-bond donors (Lipinski definition) is 2. The molecule has 128 valence electrons. The Morgan fingerprint density at radius 1 is 1.08 bits per heavy atom. The van der Waals surface area contributed by atoms with Gasteiger partial charge in [0.2, 0.25) is 0 Å². The van der Waals surface area contributed by atoms with Gasteiger partial charge in [-0.2, -0.15) is 0 Å². The van der Waals surface area contributed by atoms with Gasteiger partial charge in [-0.1, -0.05) is 23.2 Å². The molecule has 0 radical (unpaired) electrons. The van der Waals surface area contributed by atoms with Crippen molar-refractivity contribution in [3.8, 4) is 11.5 Å². The maximum Gasteiger partial charge on any atom is 0.171 e. The molecule has 0 saturated heterocycles. The molecule has 0 heterocycles. The summed E-state index contributed by atoms with van der Waals surface area (Å²) >= 11 is 17.5. The first-order chi connectivity index (χ1) is 11.4. The van der Waals surface area contributed by atoms with E-state index in [1.165, 1.54) is 0 Å². The molecule has 0 spiro atoms. The predicted molar refractivity (Wildman–Crippen MR) is 104 cm³/mol. The zero-order valence-corrected chi connectivity index (χ0v) is 15.9. The molecular formula is C17H18Cl2N2O2S. The summed E-state index contributed by atoms with van der Waals surface area (Å²) in [7, 11) is 3.25. The van der Waals surface area contributed by atoms with Gasteiger partial charge in [0.1, 0.15) is 11.5 Å². The second-order valence-electron chi connectivity index (χ2n) is 5.05. The highest BCUT2D eigenvalue weighted by molar-refractivity contribution is 7.80. The van der Waals surface area contributed by atoms with Crippen molar-refractivity contribution in [3.63, 3.8) is 0 Å². The highest BCUT2D eigenvalue weighted by atomic mass is 35.5. The van der Waals surface area contributed by atoms with Crippen molar-refractivity contribution in [1.29, 1.82) is 0 Å². The van der Waals surface area contributed by atoms with Gasteiger partial charge in [-0.15, -0.1) is 0 Å². The van der Waals surface area contributed by atoms with Crippen LogP contribution in [0.5, 0.6) is 11.5 Å². The van der Waals surface area contributed by atoms with Gasteiger partial charge in [0, 0.05) is 10.6 Å². The fourth-order valence-electron chi connectivity index (χ4n) is 2.20. The maximum absolute atomic E-state index is 6.14. The molecule has 2 aromatic rings. The summed E-state index contributed by atoms with van der Waals surface area (Å²) in [6.45, 7) is 1.98. The van der Waals surface area contributed by atoms with Crippen LogP contribution in [0, 0.1) is 0 Å². The van der Waals surface area contributed by atoms with Crippen molar-refractivity contribution in [2.24, 2.45) is 0 Å². The third-order valence-electron chi connectivity index (χ3n) is 3.43. The number of hydrogen-bond acceptors (Lipinski definition) is 3. The Kier molecular flexibility index (Phi) is 6.54. The number of ether oxygens (including phenoxy) is 2. The molecule has 24 heavy (non-hydrogen) atoms. The van der Waals surface area contributed by atoms with Gasteiger partial charge in [0.05, 0.1) is 31.0 Å². The molecule has 0 amide bonds. The predicted octanol–water partition coefficient (Wildman–Crippen LogP) is 5.06. The van der Waals surface area contributed by atoms with E-state index in [0.29, 0.717) is 20.8 Å². The quantitative estimate of drug-likeness (QED) is 0.705. The highest BCUT2D eigenvalue weighted by Gasteiger charge is 2.14. The molecule has 0 aliphatic rings. The molecule has 0 aromatic heterocycles. The standard InChI is InChI=1S/C17H18Cl2N2O2S/c1-10(13-9-12(22-2)5-7-16(13)23-3)20-17(24)21-15-8-11(18)4-6-14(15)19/h4-10H,1-3H3,(H2,20,21,24). The van der Waals surface area contributed by atoms with Crippen molar-refractivity contribution in [2.45, 2.75) is 13.0 Å². The SMILES string of the molecule is COc1ccc(OC)c(C(C)NC(=S)Nc2cc(Cl)ccc2Cl)c1. The molecule has 0 aliphatic carbocycles. The van der Waals surface area contributed by atoms with Gasteiger partial charge in [-0.05, 0) is 55.5 Å². The van der Waals surface area contributed by atoms with E-state index in [1.807, 2.05) is 25.1 Å². The molecule has 2 rings (SSSR count). The molecule has 0 saturated carbocycles. The summed E-state index contributed by atoms with van der Waals surface area (Å²) in [5.41, 5.74) is 1.57. The third kappa shape index (κ3) is 4.66. The fourth-order valence-corrected chi connectivity index (χ4v) is 2.83. The van der Waals surface area contributed by atoms with E-state index in [1.54, 1.807) is 32.4 Å². The molecule has 2 N–H and O–H groups in total. The summed E-state index contributed by atoms with van der Waals surface area (Å²) in [5.74, 6) is 1.50. The van der Waals surface area contributed by atoms with Crippen molar-refractivity contribution >= 4 is 46.2 Å². The maximum atomic E-state index is 6.14. The number of methoxy groups -OCH3 is 2. The Labute approximate surface area is 157 Å². The van der Waals surface area contributed by atoms with Crippen LogP contribution in [0.25, 0.3) is 0 Å². The van der Waals surface area contributed by atoms with Crippen LogP contribution in [0.1, 0.15) is 18.5 Å². The summed E-state index contributed by atoms with van der Waals surface area (Å²) in [4.78, 5) is 0. The Morgan fingerprint density at radius 3 is 2.50 bits per heavy atom. The largest absolute Gasteiger partial charge is 0.497 e. The van der Waals surface area contributed by atoms with Crippen LogP contribution in [0.3, 0.4) is 0 Å². The van der Waals surface area contributed by atoms with Crippen LogP contribution in [0.2, 0.25) is 10.0 Å². The number of benzene rings is 2. The Morgan fingerprint density at radius 2 is 1.83 bits per heavy atom. The first kappa shape index (κ1) is 18.6. The minimum Gasteiger partial charge on any atom is -0.497 e. The summed E-state index contributed by atoms with van der Waals surface area (Å²) < 4.78 is 10.7. The van der Waals surface area contributed by atoms with Gasteiger partial charge in [-0.3, -0.25) is 0 Å². The van der Waals surface area contributed by atoms with E-state index in [2.05, 4.69) is 10.6 Å². The Hall–Kier alpha value is -1.69. The first-order valence-electron chi connectivity index (χ1n) is 7.19.